The molecule has 2 amide bonds. The number of carbonyl (C=O) groups excluding carboxylic acids is 3. The summed E-state index contributed by atoms with van der Waals surface area (Å²) in [6.07, 6.45) is 1.40. The van der Waals surface area contributed by atoms with E-state index >= 15 is 0 Å². The lowest BCUT2D eigenvalue weighted by Crippen LogP contribution is -2.35. The molecule has 25 heavy (non-hydrogen) atoms. The molecule has 2 aromatic rings. The molecular formula is C18H16N2O5. The molecule has 0 aliphatic carbocycles. The van der Waals surface area contributed by atoms with Crippen LogP contribution in [-0.2, 0) is 14.3 Å². The first kappa shape index (κ1) is 16.5. The van der Waals surface area contributed by atoms with E-state index in [0.717, 1.165) is 5.01 Å². The number of rotatable bonds is 4. The molecule has 1 aliphatic heterocycles. The van der Waals surface area contributed by atoms with Crippen molar-refractivity contribution in [3.05, 3.63) is 59.1 Å². The standard InChI is InChI=1S/C18H16N2O5/c1-3-24-18(23)12-5-7-13(8-6-12)20-17(22)15(16(21)19-20)10-14-9-4-11(2)25-14/h4-10H,3H2,1-2H3,(H,19,21)/b15-10+. The lowest BCUT2D eigenvalue weighted by atomic mass is 10.2. The molecule has 1 fully saturated rings. The van der Waals surface area contributed by atoms with E-state index in [4.69, 9.17) is 9.15 Å². The Kier molecular flexibility index (Phi) is 4.38. The van der Waals surface area contributed by atoms with Gasteiger partial charge in [0.05, 0.1) is 17.9 Å². The Morgan fingerprint density at radius 1 is 1.20 bits per heavy atom. The average molecular weight is 340 g/mol. The summed E-state index contributed by atoms with van der Waals surface area (Å²) in [4.78, 5) is 36.2. The van der Waals surface area contributed by atoms with Crippen molar-refractivity contribution < 1.29 is 23.5 Å². The number of aryl methyl sites for hydroxylation is 1. The van der Waals surface area contributed by atoms with Gasteiger partial charge in [0.15, 0.2) is 0 Å². The number of benzene rings is 1. The van der Waals surface area contributed by atoms with Gasteiger partial charge in [0, 0.05) is 0 Å². The summed E-state index contributed by atoms with van der Waals surface area (Å²) >= 11 is 0. The molecule has 0 bridgehead atoms. The predicted octanol–water partition coefficient (Wildman–Crippen LogP) is 2.23. The fraction of sp³-hybridized carbons (Fsp3) is 0.167. The van der Waals surface area contributed by atoms with Crippen LogP contribution in [0.3, 0.4) is 0 Å². The maximum Gasteiger partial charge on any atom is 0.338 e. The Hall–Kier alpha value is -3.35. The average Bonchev–Trinajstić information content (AvgIpc) is 3.13. The molecular weight excluding hydrogens is 324 g/mol. The molecule has 1 aromatic carbocycles. The smallest absolute Gasteiger partial charge is 0.338 e. The highest BCUT2D eigenvalue weighted by atomic mass is 16.5. The van der Waals surface area contributed by atoms with Gasteiger partial charge in [0.2, 0.25) is 0 Å². The first-order valence-electron chi connectivity index (χ1n) is 7.70. The number of hydrogen-bond donors (Lipinski definition) is 1. The highest BCUT2D eigenvalue weighted by Crippen LogP contribution is 2.22. The predicted molar refractivity (Wildman–Crippen MR) is 89.4 cm³/mol. The van der Waals surface area contributed by atoms with Crippen molar-refractivity contribution in [3.8, 4) is 0 Å². The molecule has 1 N–H and O–H groups in total. The van der Waals surface area contributed by atoms with Crippen LogP contribution in [0.15, 0.2) is 46.4 Å². The summed E-state index contributed by atoms with van der Waals surface area (Å²) in [7, 11) is 0. The van der Waals surface area contributed by atoms with Gasteiger partial charge >= 0.3 is 5.97 Å². The minimum absolute atomic E-state index is 0.0242. The second-order valence-electron chi connectivity index (χ2n) is 5.36. The van der Waals surface area contributed by atoms with Gasteiger partial charge in [-0.2, -0.15) is 0 Å². The van der Waals surface area contributed by atoms with Crippen LogP contribution >= 0.6 is 0 Å². The minimum atomic E-state index is -0.520. The second-order valence-corrected chi connectivity index (χ2v) is 5.36. The summed E-state index contributed by atoms with van der Waals surface area (Å²) in [5.74, 6) is -0.351. The highest BCUT2D eigenvalue weighted by molar-refractivity contribution is 6.31. The van der Waals surface area contributed by atoms with E-state index in [1.54, 1.807) is 38.1 Å². The molecule has 0 saturated carbocycles. The maximum atomic E-state index is 12.5. The molecule has 0 atom stereocenters. The van der Waals surface area contributed by atoms with Crippen molar-refractivity contribution in [2.24, 2.45) is 0 Å². The molecule has 1 saturated heterocycles. The summed E-state index contributed by atoms with van der Waals surface area (Å²) in [5.41, 5.74) is 3.27. The van der Waals surface area contributed by atoms with Gasteiger partial charge in [-0.15, -0.1) is 0 Å². The summed E-state index contributed by atoms with van der Waals surface area (Å²) in [5, 5.41) is 1.12. The Balaban J connectivity index is 1.82. The van der Waals surface area contributed by atoms with Gasteiger partial charge < -0.3 is 9.15 Å². The normalized spacial score (nSPS) is 15.6. The molecule has 7 nitrogen and oxygen atoms in total. The van der Waals surface area contributed by atoms with E-state index in [-0.39, 0.29) is 12.2 Å². The lowest BCUT2D eigenvalue weighted by molar-refractivity contribution is -0.117. The number of hydrogen-bond acceptors (Lipinski definition) is 5. The molecule has 3 rings (SSSR count). The number of furan rings is 1. The number of carbonyl (C=O) groups is 3. The summed E-state index contributed by atoms with van der Waals surface area (Å²) in [6, 6.07) is 9.61. The molecule has 0 unspecified atom stereocenters. The van der Waals surface area contributed by atoms with Crippen molar-refractivity contribution in [3.63, 3.8) is 0 Å². The topological polar surface area (TPSA) is 88.8 Å². The zero-order chi connectivity index (χ0) is 18.0. The van der Waals surface area contributed by atoms with Crippen LogP contribution in [-0.4, -0.2) is 24.4 Å². The first-order chi connectivity index (χ1) is 12.0. The van der Waals surface area contributed by atoms with Crippen LogP contribution in [0.2, 0.25) is 0 Å². The maximum absolute atomic E-state index is 12.5. The van der Waals surface area contributed by atoms with E-state index in [2.05, 4.69) is 5.43 Å². The molecule has 2 heterocycles. The van der Waals surface area contributed by atoms with Gasteiger partial charge in [-0.3, -0.25) is 15.0 Å². The Morgan fingerprint density at radius 2 is 1.92 bits per heavy atom. The van der Waals surface area contributed by atoms with Crippen LogP contribution < -0.4 is 10.4 Å². The SMILES string of the molecule is CCOC(=O)c1ccc(N2NC(=O)/C(=C\c3ccc(C)o3)C2=O)cc1. The van der Waals surface area contributed by atoms with E-state index < -0.39 is 17.8 Å². The molecule has 7 heteroatoms. The fourth-order valence-corrected chi connectivity index (χ4v) is 2.37. The first-order valence-corrected chi connectivity index (χ1v) is 7.70. The van der Waals surface area contributed by atoms with Gasteiger partial charge in [0.25, 0.3) is 11.8 Å². The van der Waals surface area contributed by atoms with Crippen LogP contribution in [0.4, 0.5) is 5.69 Å². The van der Waals surface area contributed by atoms with Crippen LogP contribution in [0, 0.1) is 6.92 Å². The largest absolute Gasteiger partial charge is 0.462 e. The number of ether oxygens (including phenoxy) is 1. The zero-order valence-corrected chi connectivity index (χ0v) is 13.7. The van der Waals surface area contributed by atoms with Crippen LogP contribution in [0.25, 0.3) is 6.08 Å². The second kappa shape index (κ2) is 6.64. The lowest BCUT2D eigenvalue weighted by Gasteiger charge is -2.14. The minimum Gasteiger partial charge on any atom is -0.462 e. The fourth-order valence-electron chi connectivity index (χ4n) is 2.37. The van der Waals surface area contributed by atoms with Gasteiger partial charge in [-0.05, 0) is 56.3 Å². The highest BCUT2D eigenvalue weighted by Gasteiger charge is 2.34. The van der Waals surface area contributed by atoms with Crippen molar-refractivity contribution in [1.29, 1.82) is 0 Å². The Labute approximate surface area is 143 Å². The number of nitrogens with zero attached hydrogens (tertiary/aromatic N) is 1. The van der Waals surface area contributed by atoms with Gasteiger partial charge in [-0.1, -0.05) is 0 Å². The Morgan fingerprint density at radius 3 is 2.52 bits per heavy atom. The number of anilines is 1. The van der Waals surface area contributed by atoms with Crippen LogP contribution in [0.5, 0.6) is 0 Å². The van der Waals surface area contributed by atoms with Crippen LogP contribution in [0.1, 0.15) is 28.8 Å². The van der Waals surface area contributed by atoms with E-state index in [1.165, 1.54) is 18.2 Å². The molecule has 1 aromatic heterocycles. The Bertz CT molecular complexity index is 864. The number of amides is 2. The van der Waals surface area contributed by atoms with Crippen molar-refractivity contribution in [1.82, 2.24) is 5.43 Å². The third-order valence-corrected chi connectivity index (χ3v) is 3.58. The quantitative estimate of drug-likeness (QED) is 0.524. The van der Waals surface area contributed by atoms with Gasteiger partial charge in [-0.25, -0.2) is 9.80 Å². The van der Waals surface area contributed by atoms with E-state index in [9.17, 15) is 14.4 Å². The number of hydrazine groups is 1. The summed E-state index contributed by atoms with van der Waals surface area (Å²) < 4.78 is 10.3. The third kappa shape index (κ3) is 3.30. The number of esters is 1. The monoisotopic (exact) mass is 340 g/mol. The van der Waals surface area contributed by atoms with E-state index in [0.29, 0.717) is 22.8 Å². The van der Waals surface area contributed by atoms with Crippen molar-refractivity contribution in [2.75, 3.05) is 11.6 Å². The van der Waals surface area contributed by atoms with E-state index in [1.807, 2.05) is 0 Å². The molecule has 1 aliphatic rings. The van der Waals surface area contributed by atoms with Gasteiger partial charge in [0.1, 0.15) is 17.1 Å². The number of nitrogens with one attached hydrogen (secondary N) is 1. The molecule has 0 spiro atoms. The summed E-state index contributed by atoms with van der Waals surface area (Å²) in [6.45, 7) is 3.77. The third-order valence-electron chi connectivity index (χ3n) is 3.58. The molecule has 0 radical (unpaired) electrons. The van der Waals surface area contributed by atoms with Crippen molar-refractivity contribution >= 4 is 29.5 Å². The zero-order valence-electron chi connectivity index (χ0n) is 13.7. The van der Waals surface area contributed by atoms with Crippen molar-refractivity contribution in [2.45, 2.75) is 13.8 Å². The molecule has 128 valence electrons.